The van der Waals surface area contributed by atoms with Crippen molar-refractivity contribution < 1.29 is 9.53 Å². The number of nitrogens with zero attached hydrogens (tertiary/aromatic N) is 5. The first-order chi connectivity index (χ1) is 15.5. The van der Waals surface area contributed by atoms with Gasteiger partial charge in [0.15, 0.2) is 0 Å². The molecule has 2 aliphatic rings. The van der Waals surface area contributed by atoms with E-state index in [1.54, 1.807) is 13.3 Å². The van der Waals surface area contributed by atoms with E-state index in [9.17, 15) is 4.79 Å². The molecule has 9 heteroatoms. The quantitative estimate of drug-likeness (QED) is 0.503. The normalized spacial score (nSPS) is 23.1. The second-order valence-electron chi connectivity index (χ2n) is 8.99. The van der Waals surface area contributed by atoms with Gasteiger partial charge in [0.1, 0.15) is 11.3 Å². The van der Waals surface area contributed by atoms with Crippen molar-refractivity contribution in [1.29, 1.82) is 0 Å². The number of ether oxygens (including phenoxy) is 1. The Hall–Kier alpha value is -3.62. The number of H-pyrrole nitrogens is 1. The van der Waals surface area contributed by atoms with E-state index in [4.69, 9.17) is 9.72 Å². The summed E-state index contributed by atoms with van der Waals surface area (Å²) in [5.74, 6) is 1.34. The molecule has 1 aliphatic carbocycles. The number of anilines is 1. The Kier molecular flexibility index (Phi) is 4.14. The molecule has 5 heterocycles. The number of aromatic nitrogens is 5. The second-order valence-corrected chi connectivity index (χ2v) is 8.99. The van der Waals surface area contributed by atoms with Crippen molar-refractivity contribution in [3.05, 3.63) is 36.9 Å². The Morgan fingerprint density at radius 2 is 2.16 bits per heavy atom. The molecule has 0 bridgehead atoms. The van der Waals surface area contributed by atoms with Gasteiger partial charge in [-0.1, -0.05) is 0 Å². The van der Waals surface area contributed by atoms with Gasteiger partial charge >= 0.3 is 0 Å². The predicted molar refractivity (Wildman–Crippen MR) is 121 cm³/mol. The molecule has 1 saturated heterocycles. The van der Waals surface area contributed by atoms with Crippen LogP contribution in [0.4, 0.5) is 5.95 Å². The van der Waals surface area contributed by atoms with Gasteiger partial charge in [-0.05, 0) is 38.3 Å². The number of carbonyl (C=O) groups is 1. The monoisotopic (exact) mass is 431 g/mol. The number of hydrogen-bond donors (Lipinski definition) is 2. The number of amides is 1. The maximum absolute atomic E-state index is 12.1. The van der Waals surface area contributed by atoms with Gasteiger partial charge in [-0.25, -0.2) is 4.98 Å². The smallest absolute Gasteiger partial charge is 0.228 e. The number of hydrogen-bond acceptors (Lipinski definition) is 6. The minimum Gasteiger partial charge on any atom is -0.480 e. The van der Waals surface area contributed by atoms with E-state index in [1.165, 1.54) is 0 Å². The average Bonchev–Trinajstić information content (AvgIpc) is 3.50. The maximum atomic E-state index is 12.1. The molecule has 0 spiro atoms. The zero-order chi connectivity index (χ0) is 21.9. The standard InChI is InChI=1S/C23H25N7O2/c1-23(30-8-3-4-18(30)31)10-15(11-23)26-22-27-20-19(21(28-22)32-2)16(12-25-20)14-5-6-17-24-7-9-29(17)13-14/h5-7,9,12-13,15H,3-4,8,10-11H2,1-2H3,(H2,25,26,27,28)/t15-,23+. The van der Waals surface area contributed by atoms with Crippen LogP contribution >= 0.6 is 0 Å². The number of imidazole rings is 1. The molecule has 1 saturated carbocycles. The predicted octanol–water partition coefficient (Wildman–Crippen LogP) is 3.24. The van der Waals surface area contributed by atoms with Crippen molar-refractivity contribution in [2.24, 2.45) is 0 Å². The van der Waals surface area contributed by atoms with Crippen molar-refractivity contribution in [2.75, 3.05) is 19.0 Å². The summed E-state index contributed by atoms with van der Waals surface area (Å²) in [7, 11) is 1.63. The first kappa shape index (κ1) is 19.1. The zero-order valence-electron chi connectivity index (χ0n) is 18.1. The number of carbonyl (C=O) groups excluding carboxylic acids is 1. The number of methoxy groups -OCH3 is 1. The topological polar surface area (TPSA) is 100 Å². The summed E-state index contributed by atoms with van der Waals surface area (Å²) in [4.78, 5) is 31.1. The molecular weight excluding hydrogens is 406 g/mol. The largest absolute Gasteiger partial charge is 0.480 e. The van der Waals surface area contributed by atoms with E-state index in [-0.39, 0.29) is 17.5 Å². The van der Waals surface area contributed by atoms with Crippen LogP contribution in [0.2, 0.25) is 0 Å². The van der Waals surface area contributed by atoms with Gasteiger partial charge in [-0.2, -0.15) is 9.97 Å². The van der Waals surface area contributed by atoms with Gasteiger partial charge in [0.2, 0.25) is 17.7 Å². The summed E-state index contributed by atoms with van der Waals surface area (Å²) < 4.78 is 7.63. The fourth-order valence-corrected chi connectivity index (χ4v) is 5.25. The summed E-state index contributed by atoms with van der Waals surface area (Å²) in [6.45, 7) is 3.04. The molecule has 1 aliphatic heterocycles. The van der Waals surface area contributed by atoms with Gasteiger partial charge in [0.25, 0.3) is 0 Å². The maximum Gasteiger partial charge on any atom is 0.228 e. The van der Waals surface area contributed by atoms with Crippen LogP contribution in [0.25, 0.3) is 27.8 Å². The minimum atomic E-state index is -0.0645. The van der Waals surface area contributed by atoms with E-state index in [0.29, 0.717) is 18.2 Å². The fraction of sp³-hybridized carbons (Fsp3) is 0.391. The Morgan fingerprint density at radius 3 is 2.94 bits per heavy atom. The molecule has 32 heavy (non-hydrogen) atoms. The second kappa shape index (κ2) is 6.94. The van der Waals surface area contributed by atoms with Crippen LogP contribution in [-0.2, 0) is 4.79 Å². The molecule has 4 aromatic rings. The fourth-order valence-electron chi connectivity index (χ4n) is 5.25. The third-order valence-corrected chi connectivity index (χ3v) is 6.82. The van der Waals surface area contributed by atoms with Crippen molar-refractivity contribution >= 4 is 28.5 Å². The van der Waals surface area contributed by atoms with Crippen LogP contribution in [0.1, 0.15) is 32.6 Å². The van der Waals surface area contributed by atoms with Crippen LogP contribution in [0.5, 0.6) is 5.88 Å². The molecule has 0 radical (unpaired) electrons. The molecule has 0 aromatic carbocycles. The molecule has 9 nitrogen and oxygen atoms in total. The lowest BCUT2D eigenvalue weighted by Crippen LogP contribution is -2.59. The van der Waals surface area contributed by atoms with E-state index in [1.807, 2.05) is 40.0 Å². The molecule has 0 atom stereocenters. The molecule has 6 rings (SSSR count). The molecule has 4 aromatic heterocycles. The number of fused-ring (bicyclic) bond motifs is 2. The molecule has 2 fully saturated rings. The molecule has 1 amide bonds. The number of rotatable bonds is 5. The van der Waals surface area contributed by atoms with Gasteiger partial charge in [0, 0.05) is 60.5 Å². The van der Waals surface area contributed by atoms with Gasteiger partial charge in [-0.3, -0.25) is 4.79 Å². The van der Waals surface area contributed by atoms with E-state index >= 15 is 0 Å². The third-order valence-electron chi connectivity index (χ3n) is 6.82. The van der Waals surface area contributed by atoms with Crippen LogP contribution in [0.3, 0.4) is 0 Å². The number of aromatic amines is 1. The van der Waals surface area contributed by atoms with E-state index < -0.39 is 0 Å². The van der Waals surface area contributed by atoms with Crippen molar-refractivity contribution in [2.45, 2.75) is 44.2 Å². The summed E-state index contributed by atoms with van der Waals surface area (Å²) in [5, 5.41) is 4.28. The number of likely N-dealkylation sites (tertiary alicyclic amines) is 1. The highest BCUT2D eigenvalue weighted by Crippen LogP contribution is 2.41. The minimum absolute atomic E-state index is 0.0645. The van der Waals surface area contributed by atoms with E-state index in [0.717, 1.165) is 53.6 Å². The summed E-state index contributed by atoms with van der Waals surface area (Å²) >= 11 is 0. The average molecular weight is 432 g/mol. The highest BCUT2D eigenvalue weighted by molar-refractivity contribution is 5.97. The lowest BCUT2D eigenvalue weighted by Gasteiger charge is -2.51. The molecule has 0 unspecified atom stereocenters. The van der Waals surface area contributed by atoms with Crippen LogP contribution in [-0.4, -0.2) is 60.4 Å². The Balaban J connectivity index is 1.27. The Morgan fingerprint density at radius 1 is 1.28 bits per heavy atom. The first-order valence-electron chi connectivity index (χ1n) is 11.0. The SMILES string of the molecule is COc1nc(N[C@H]2C[C@@](C)(N3CCCC3=O)C2)nc2[nH]cc(-c3ccc4nccn4c3)c12. The van der Waals surface area contributed by atoms with Crippen molar-refractivity contribution in [1.82, 2.24) is 29.2 Å². The van der Waals surface area contributed by atoms with Gasteiger partial charge in [-0.15, -0.1) is 0 Å². The lowest BCUT2D eigenvalue weighted by atomic mass is 9.73. The van der Waals surface area contributed by atoms with E-state index in [2.05, 4.69) is 27.2 Å². The van der Waals surface area contributed by atoms with Crippen molar-refractivity contribution in [3.63, 3.8) is 0 Å². The Bertz CT molecular complexity index is 1330. The summed E-state index contributed by atoms with van der Waals surface area (Å²) in [6, 6.07) is 4.25. The van der Waals surface area contributed by atoms with Gasteiger partial charge in [0.05, 0.1) is 12.5 Å². The summed E-state index contributed by atoms with van der Waals surface area (Å²) in [5.41, 5.74) is 3.55. The highest BCUT2D eigenvalue weighted by atomic mass is 16.5. The van der Waals surface area contributed by atoms with Crippen molar-refractivity contribution in [3.8, 4) is 17.0 Å². The zero-order valence-corrected chi connectivity index (χ0v) is 18.1. The third kappa shape index (κ3) is 2.91. The van der Waals surface area contributed by atoms with Gasteiger partial charge < -0.3 is 24.3 Å². The summed E-state index contributed by atoms with van der Waals surface area (Å²) in [6.07, 6.45) is 11.1. The number of nitrogens with one attached hydrogen (secondary N) is 2. The number of pyridine rings is 1. The van der Waals surface area contributed by atoms with Crippen LogP contribution in [0, 0.1) is 0 Å². The molecular formula is C23H25N7O2. The van der Waals surface area contributed by atoms with Crippen LogP contribution < -0.4 is 10.1 Å². The van der Waals surface area contributed by atoms with Crippen LogP contribution in [0.15, 0.2) is 36.9 Å². The molecule has 164 valence electrons. The Labute approximate surface area is 184 Å². The first-order valence-corrected chi connectivity index (χ1v) is 11.0. The lowest BCUT2D eigenvalue weighted by molar-refractivity contribution is -0.136. The molecule has 2 N–H and O–H groups in total. The highest BCUT2D eigenvalue weighted by Gasteiger charge is 2.48.